The molecule has 0 bridgehead atoms. The first-order chi connectivity index (χ1) is 21.1. The van der Waals surface area contributed by atoms with E-state index in [2.05, 4.69) is 24.3 Å². The van der Waals surface area contributed by atoms with Gasteiger partial charge in [0.2, 0.25) is 11.8 Å². The minimum absolute atomic E-state index is 0.0410. The molecule has 0 atom stereocenters. The first-order valence-electron chi connectivity index (χ1n) is 16.1. The molecule has 0 saturated carbocycles. The van der Waals surface area contributed by atoms with Crippen LogP contribution in [0.4, 0.5) is 4.79 Å². The molecule has 3 aromatic rings. The summed E-state index contributed by atoms with van der Waals surface area (Å²) in [6.07, 6.45) is 9.74. The molecule has 0 unspecified atom stereocenters. The maximum atomic E-state index is 13.6. The number of hydrogen-bond acceptors (Lipinski definition) is 4. The molecule has 1 saturated heterocycles. The highest BCUT2D eigenvalue weighted by molar-refractivity contribution is 5.95. The highest BCUT2D eigenvalue weighted by Crippen LogP contribution is 2.44. The van der Waals surface area contributed by atoms with Crippen LogP contribution < -0.4 is 0 Å². The number of ether oxygens (including phenoxy) is 1. The number of carbonyl (C=O) groups excluding carboxylic acids is 3. The van der Waals surface area contributed by atoms with E-state index in [4.69, 9.17) is 4.74 Å². The van der Waals surface area contributed by atoms with Gasteiger partial charge in [0.25, 0.3) is 0 Å². The predicted molar refractivity (Wildman–Crippen MR) is 169 cm³/mol. The summed E-state index contributed by atoms with van der Waals surface area (Å²) >= 11 is 0. The third-order valence-corrected chi connectivity index (χ3v) is 8.78. The number of benzene rings is 3. The van der Waals surface area contributed by atoms with Crippen molar-refractivity contribution in [3.63, 3.8) is 0 Å². The van der Waals surface area contributed by atoms with Crippen molar-refractivity contribution in [1.82, 2.24) is 9.80 Å². The Morgan fingerprint density at radius 1 is 0.721 bits per heavy atom. The van der Waals surface area contributed by atoms with Gasteiger partial charge in [0.1, 0.15) is 6.61 Å². The van der Waals surface area contributed by atoms with Crippen LogP contribution in [0.15, 0.2) is 78.9 Å². The van der Waals surface area contributed by atoms with Crippen LogP contribution in [0, 0.1) is 0 Å². The number of hydrogen-bond donors (Lipinski definition) is 0. The lowest BCUT2D eigenvalue weighted by Gasteiger charge is -2.26. The van der Waals surface area contributed by atoms with Crippen molar-refractivity contribution in [3.05, 3.63) is 95.6 Å². The van der Waals surface area contributed by atoms with Gasteiger partial charge < -0.3 is 9.64 Å². The van der Waals surface area contributed by atoms with Crippen LogP contribution in [0.5, 0.6) is 0 Å². The quantitative estimate of drug-likeness (QED) is 0.283. The monoisotopic (exact) mass is 580 g/mol. The lowest BCUT2D eigenvalue weighted by atomic mass is 9.98. The molecular formula is C37H44N2O4. The average Bonchev–Trinajstić information content (AvgIpc) is 3.36. The first-order valence-corrected chi connectivity index (χ1v) is 16.1. The Kier molecular flexibility index (Phi) is 11.0. The Bertz CT molecular complexity index is 1330. The Balaban J connectivity index is 1.25. The molecule has 2 aliphatic rings. The van der Waals surface area contributed by atoms with E-state index >= 15 is 0 Å². The highest BCUT2D eigenvalue weighted by Gasteiger charge is 2.30. The van der Waals surface area contributed by atoms with E-state index in [0.29, 0.717) is 19.5 Å². The van der Waals surface area contributed by atoms with Crippen molar-refractivity contribution in [2.75, 3.05) is 19.7 Å². The summed E-state index contributed by atoms with van der Waals surface area (Å²) in [6.45, 7) is 1.20. The predicted octanol–water partition coefficient (Wildman–Crippen LogP) is 8.10. The summed E-state index contributed by atoms with van der Waals surface area (Å²) in [6, 6.07) is 26.3. The Hall–Kier alpha value is -3.93. The van der Waals surface area contributed by atoms with E-state index in [9.17, 15) is 14.4 Å². The largest absolute Gasteiger partial charge is 0.448 e. The van der Waals surface area contributed by atoms with Crippen LogP contribution in [0.1, 0.15) is 93.2 Å². The molecule has 5 rings (SSSR count). The molecule has 1 aliphatic carbocycles. The van der Waals surface area contributed by atoms with Crippen LogP contribution in [0.3, 0.4) is 0 Å². The van der Waals surface area contributed by atoms with Crippen LogP contribution in [-0.4, -0.2) is 47.4 Å². The molecule has 6 heteroatoms. The van der Waals surface area contributed by atoms with Gasteiger partial charge in [-0.15, -0.1) is 0 Å². The molecule has 6 nitrogen and oxygen atoms in total. The Morgan fingerprint density at radius 3 is 1.93 bits per heavy atom. The molecule has 0 radical (unpaired) electrons. The van der Waals surface area contributed by atoms with Gasteiger partial charge in [-0.3, -0.25) is 14.5 Å². The Labute approximate surface area is 256 Å². The molecule has 3 aromatic carbocycles. The summed E-state index contributed by atoms with van der Waals surface area (Å²) in [5.74, 6) is -0.329. The van der Waals surface area contributed by atoms with Gasteiger partial charge in [0, 0.05) is 38.4 Å². The number of fused-ring (bicyclic) bond motifs is 3. The van der Waals surface area contributed by atoms with E-state index in [1.54, 1.807) is 4.90 Å². The van der Waals surface area contributed by atoms with Crippen LogP contribution in [0.2, 0.25) is 0 Å². The number of rotatable bonds is 7. The second kappa shape index (κ2) is 15.5. The molecule has 1 fully saturated rings. The smallest absolute Gasteiger partial charge is 0.410 e. The van der Waals surface area contributed by atoms with Gasteiger partial charge in [-0.25, -0.2) is 4.79 Å². The standard InChI is InChI=1S/C37H44N2O4/c40-35-23-11-6-4-2-1-3-5-7-16-25-39(35)36(41)24-26-38(27-29-17-9-8-10-18-29)37(42)43-28-34-32-21-14-12-19-30(32)31-20-13-15-22-33(31)34/h8-10,12-15,17-22,34H,1-7,11,16,23-28H2. The summed E-state index contributed by atoms with van der Waals surface area (Å²) in [7, 11) is 0. The second-order valence-electron chi connectivity index (χ2n) is 11.8. The van der Waals surface area contributed by atoms with Crippen LogP contribution in [-0.2, 0) is 20.9 Å². The molecule has 226 valence electrons. The maximum Gasteiger partial charge on any atom is 0.410 e. The van der Waals surface area contributed by atoms with Crippen molar-refractivity contribution in [1.29, 1.82) is 0 Å². The fraction of sp³-hybridized carbons (Fsp3) is 0.432. The van der Waals surface area contributed by atoms with E-state index < -0.39 is 6.09 Å². The molecule has 0 spiro atoms. The van der Waals surface area contributed by atoms with Gasteiger partial charge in [0.15, 0.2) is 0 Å². The number of amides is 3. The molecule has 43 heavy (non-hydrogen) atoms. The number of imide groups is 1. The van der Waals surface area contributed by atoms with Gasteiger partial charge in [-0.2, -0.15) is 0 Å². The molecular weight excluding hydrogens is 536 g/mol. The zero-order chi connectivity index (χ0) is 29.9. The molecule has 1 heterocycles. The SMILES string of the molecule is O=C(OCC1c2ccccc2-c2ccccc21)N(CCC(=O)N1CCCCCCCCCCCC1=O)Cc1ccccc1. The van der Waals surface area contributed by atoms with Gasteiger partial charge in [-0.05, 0) is 40.7 Å². The minimum atomic E-state index is -0.449. The molecule has 3 amide bonds. The zero-order valence-corrected chi connectivity index (χ0v) is 25.2. The maximum absolute atomic E-state index is 13.6. The molecule has 1 aliphatic heterocycles. The summed E-state index contributed by atoms with van der Waals surface area (Å²) in [5.41, 5.74) is 5.63. The minimum Gasteiger partial charge on any atom is -0.448 e. The second-order valence-corrected chi connectivity index (χ2v) is 11.8. The van der Waals surface area contributed by atoms with Crippen LogP contribution in [0.25, 0.3) is 11.1 Å². The number of carbonyl (C=O) groups is 3. The first kappa shape index (κ1) is 30.5. The zero-order valence-electron chi connectivity index (χ0n) is 25.2. The molecule has 0 N–H and O–H groups in total. The van der Waals surface area contributed by atoms with Crippen molar-refractivity contribution >= 4 is 17.9 Å². The highest BCUT2D eigenvalue weighted by atomic mass is 16.6. The van der Waals surface area contributed by atoms with Crippen molar-refractivity contribution < 1.29 is 19.1 Å². The fourth-order valence-electron chi connectivity index (χ4n) is 6.40. The lowest BCUT2D eigenvalue weighted by Crippen LogP contribution is -2.40. The van der Waals surface area contributed by atoms with Gasteiger partial charge in [0.05, 0.1) is 0 Å². The average molecular weight is 581 g/mol. The van der Waals surface area contributed by atoms with Gasteiger partial charge >= 0.3 is 6.09 Å². The normalized spacial score (nSPS) is 16.3. The number of nitrogens with zero attached hydrogens (tertiary/aromatic N) is 2. The Morgan fingerprint density at radius 2 is 1.28 bits per heavy atom. The van der Waals surface area contributed by atoms with Gasteiger partial charge in [-0.1, -0.05) is 124 Å². The summed E-state index contributed by atoms with van der Waals surface area (Å²) < 4.78 is 5.97. The van der Waals surface area contributed by atoms with Crippen molar-refractivity contribution in [2.45, 2.75) is 83.1 Å². The van der Waals surface area contributed by atoms with Crippen molar-refractivity contribution in [2.24, 2.45) is 0 Å². The third kappa shape index (κ3) is 8.13. The van der Waals surface area contributed by atoms with E-state index in [1.807, 2.05) is 54.6 Å². The third-order valence-electron chi connectivity index (χ3n) is 8.78. The summed E-state index contributed by atoms with van der Waals surface area (Å²) in [5, 5.41) is 0. The summed E-state index contributed by atoms with van der Waals surface area (Å²) in [4.78, 5) is 43.2. The van der Waals surface area contributed by atoms with E-state index in [-0.39, 0.29) is 37.3 Å². The topological polar surface area (TPSA) is 66.9 Å². The van der Waals surface area contributed by atoms with Crippen LogP contribution >= 0.6 is 0 Å². The van der Waals surface area contributed by atoms with Crippen molar-refractivity contribution in [3.8, 4) is 11.1 Å². The molecule has 0 aromatic heterocycles. The van der Waals surface area contributed by atoms with E-state index in [1.165, 1.54) is 35.3 Å². The van der Waals surface area contributed by atoms with E-state index in [0.717, 1.165) is 55.2 Å². The fourth-order valence-corrected chi connectivity index (χ4v) is 6.40. The lowest BCUT2D eigenvalue weighted by molar-refractivity contribution is -0.145.